The van der Waals surface area contributed by atoms with Crippen molar-refractivity contribution in [1.82, 2.24) is 0 Å². The van der Waals surface area contributed by atoms with E-state index in [0.717, 1.165) is 12.8 Å². The molecule has 0 aliphatic heterocycles. The summed E-state index contributed by atoms with van der Waals surface area (Å²) in [5.41, 5.74) is -4.87. The van der Waals surface area contributed by atoms with Gasteiger partial charge in [-0.15, -0.1) is 0 Å². The number of aliphatic hydroxyl groups is 1. The molecule has 0 aromatic rings. The number of ether oxygens (including phenoxy) is 1. The van der Waals surface area contributed by atoms with Crippen molar-refractivity contribution in [2.75, 3.05) is 7.11 Å². The zero-order chi connectivity index (χ0) is 21.3. The molecule has 0 aromatic heterocycles. The average Bonchev–Trinajstić information content (AvgIpc) is 3.15. The van der Waals surface area contributed by atoms with Crippen LogP contribution in [0.25, 0.3) is 0 Å². The predicted octanol–water partition coefficient (Wildman–Crippen LogP) is 6.54. The lowest BCUT2D eigenvalue weighted by atomic mass is 9.79. The zero-order valence-electron chi connectivity index (χ0n) is 16.0. The highest BCUT2D eigenvalue weighted by atomic mass is 19.4. The average molecular weight is 438 g/mol. The van der Waals surface area contributed by atoms with Crippen molar-refractivity contribution in [3.8, 4) is 0 Å². The highest BCUT2D eigenvalue weighted by molar-refractivity contribution is 5.75. The summed E-state index contributed by atoms with van der Waals surface area (Å²) >= 11 is 0. The predicted molar refractivity (Wildman–Crippen MR) is 100 cm³/mol. The highest BCUT2D eigenvalue weighted by Crippen LogP contribution is 2.55. The number of esters is 1. The number of alkyl halides is 6. The summed E-state index contributed by atoms with van der Waals surface area (Å²) in [5.74, 6) is -0.654. The van der Waals surface area contributed by atoms with Gasteiger partial charge < -0.3 is 9.84 Å². The van der Waals surface area contributed by atoms with Gasteiger partial charge in [-0.3, -0.25) is 4.79 Å². The Labute approximate surface area is 170 Å². The van der Waals surface area contributed by atoms with Crippen LogP contribution in [0.15, 0.2) is 0 Å². The van der Waals surface area contributed by atoms with Gasteiger partial charge in [-0.25, -0.2) is 0 Å². The molecule has 0 amide bonds. The third-order valence-electron chi connectivity index (χ3n) is 6.00. The molecule has 0 radical (unpaired) electrons. The molecule has 0 saturated heterocycles. The summed E-state index contributed by atoms with van der Waals surface area (Å²) in [6, 6.07) is 0. The van der Waals surface area contributed by atoms with Gasteiger partial charge in [0.1, 0.15) is 0 Å². The van der Waals surface area contributed by atoms with E-state index in [-0.39, 0.29) is 38.1 Å². The zero-order valence-corrected chi connectivity index (χ0v) is 16.0. The topological polar surface area (TPSA) is 46.5 Å². The number of rotatable bonds is 4. The maximum Gasteiger partial charge on any atom is 0.426 e. The van der Waals surface area contributed by atoms with Crippen LogP contribution >= 0.6 is 0 Å². The molecular formula is C20H36F6O3. The number of carbonyl (C=O) groups excluding carboxylic acids is 1. The summed E-state index contributed by atoms with van der Waals surface area (Å²) in [5, 5.41) is 9.12. The Hall–Kier alpha value is -0.990. The minimum absolute atomic E-state index is 0. The molecule has 176 valence electrons. The van der Waals surface area contributed by atoms with Crippen molar-refractivity contribution >= 4 is 5.97 Å². The van der Waals surface area contributed by atoms with Gasteiger partial charge in [-0.05, 0) is 63.7 Å². The fraction of sp³-hybridized carbons (Fsp3) is 0.950. The molecule has 2 aliphatic carbocycles. The second-order valence-corrected chi connectivity index (χ2v) is 8.22. The van der Waals surface area contributed by atoms with Crippen molar-refractivity contribution in [1.29, 1.82) is 0 Å². The van der Waals surface area contributed by atoms with Gasteiger partial charge in [0.25, 0.3) is 5.60 Å². The number of methoxy groups -OCH3 is 1. The third-order valence-corrected chi connectivity index (χ3v) is 6.00. The molecular weight excluding hydrogens is 402 g/mol. The van der Waals surface area contributed by atoms with Gasteiger partial charge in [0.15, 0.2) is 0 Å². The van der Waals surface area contributed by atoms with Gasteiger partial charge in [-0.1, -0.05) is 28.2 Å². The Kier molecular flexibility index (Phi) is 10.8. The van der Waals surface area contributed by atoms with Crippen molar-refractivity contribution in [3.63, 3.8) is 0 Å². The van der Waals surface area contributed by atoms with Gasteiger partial charge in [0, 0.05) is 0 Å². The van der Waals surface area contributed by atoms with Crippen LogP contribution in [0, 0.1) is 23.2 Å². The lowest BCUT2D eigenvalue weighted by Crippen LogP contribution is -2.58. The van der Waals surface area contributed by atoms with Crippen molar-refractivity contribution in [2.24, 2.45) is 23.2 Å². The van der Waals surface area contributed by atoms with Crippen molar-refractivity contribution in [2.45, 2.75) is 92.1 Å². The molecule has 0 spiro atoms. The second kappa shape index (κ2) is 10.4. The van der Waals surface area contributed by atoms with Gasteiger partial charge in [-0.2, -0.15) is 26.3 Å². The van der Waals surface area contributed by atoms with E-state index in [1.807, 2.05) is 20.8 Å². The molecule has 29 heavy (non-hydrogen) atoms. The molecule has 2 saturated carbocycles. The number of fused-ring (bicyclic) bond motifs is 2. The highest BCUT2D eigenvalue weighted by Gasteiger charge is 2.71. The molecule has 1 N–H and O–H groups in total. The first-order valence-corrected chi connectivity index (χ1v) is 9.03. The fourth-order valence-corrected chi connectivity index (χ4v) is 3.82. The second-order valence-electron chi connectivity index (χ2n) is 8.22. The Morgan fingerprint density at radius 3 is 1.72 bits per heavy atom. The fourth-order valence-electron chi connectivity index (χ4n) is 3.82. The summed E-state index contributed by atoms with van der Waals surface area (Å²) in [6.07, 6.45) is -9.13. The smallest absolute Gasteiger partial charge is 0.426 e. The van der Waals surface area contributed by atoms with E-state index in [1.54, 1.807) is 0 Å². The van der Waals surface area contributed by atoms with E-state index in [0.29, 0.717) is 19.3 Å². The molecule has 2 fully saturated rings. The molecule has 3 atom stereocenters. The van der Waals surface area contributed by atoms with Crippen LogP contribution in [0.1, 0.15) is 74.1 Å². The van der Waals surface area contributed by atoms with E-state index in [2.05, 4.69) is 4.74 Å². The first-order valence-electron chi connectivity index (χ1n) is 9.03. The Morgan fingerprint density at radius 1 is 1.00 bits per heavy atom. The number of hydrogen-bond donors (Lipinski definition) is 1. The van der Waals surface area contributed by atoms with E-state index in [9.17, 15) is 31.1 Å². The summed E-state index contributed by atoms with van der Waals surface area (Å²) in [6.45, 7) is 5.72. The Balaban J connectivity index is 0. The van der Waals surface area contributed by atoms with Gasteiger partial charge in [0.2, 0.25) is 0 Å². The lowest BCUT2D eigenvalue weighted by molar-refractivity contribution is -0.373. The van der Waals surface area contributed by atoms with Crippen LogP contribution in [0.4, 0.5) is 26.3 Å². The molecule has 2 bridgehead atoms. The van der Waals surface area contributed by atoms with Crippen LogP contribution in [-0.4, -0.2) is 36.1 Å². The number of hydrogen-bond acceptors (Lipinski definition) is 3. The van der Waals surface area contributed by atoms with Crippen LogP contribution in [0.3, 0.4) is 0 Å². The lowest BCUT2D eigenvalue weighted by Gasteiger charge is -2.36. The minimum Gasteiger partial charge on any atom is -0.469 e. The molecule has 3 unspecified atom stereocenters. The van der Waals surface area contributed by atoms with E-state index < -0.39 is 30.3 Å². The third kappa shape index (κ3) is 6.76. The SMILES string of the molecule is C.C.CCC(C)(C)C(=O)OC.OC(CC1CC2CCC1C2)(C(F)(F)F)C(F)(F)F. The van der Waals surface area contributed by atoms with Gasteiger partial charge >= 0.3 is 18.3 Å². The quantitative estimate of drug-likeness (QED) is 0.401. The first kappa shape index (κ1) is 30.2. The standard InChI is InChI=1S/C11H14F6O.C7H14O2.2CH4/c12-10(13,14)9(18,11(15,16)17)5-8-4-6-1-2-7(8)3-6;1-5-7(2,3)6(8)9-4;;/h6-8,18H,1-5H2;5H2,1-4H3;2*1H4. The largest absolute Gasteiger partial charge is 0.469 e. The molecule has 2 rings (SSSR count). The van der Waals surface area contributed by atoms with Crippen LogP contribution in [-0.2, 0) is 9.53 Å². The normalized spacial score (nSPS) is 24.0. The minimum atomic E-state index is -5.67. The van der Waals surface area contributed by atoms with Crippen LogP contribution in [0.5, 0.6) is 0 Å². The summed E-state index contributed by atoms with van der Waals surface area (Å²) in [7, 11) is 1.42. The van der Waals surface area contributed by atoms with Crippen molar-refractivity contribution in [3.05, 3.63) is 0 Å². The van der Waals surface area contributed by atoms with Gasteiger partial charge in [0.05, 0.1) is 12.5 Å². The van der Waals surface area contributed by atoms with Crippen LogP contribution < -0.4 is 0 Å². The maximum atomic E-state index is 12.5. The maximum absolute atomic E-state index is 12.5. The summed E-state index contributed by atoms with van der Waals surface area (Å²) < 4.78 is 79.7. The molecule has 0 aromatic carbocycles. The van der Waals surface area contributed by atoms with E-state index in [1.165, 1.54) is 7.11 Å². The molecule has 0 heterocycles. The first-order chi connectivity index (χ1) is 12.1. The summed E-state index contributed by atoms with van der Waals surface area (Å²) in [4.78, 5) is 10.8. The number of carbonyl (C=O) groups is 1. The molecule has 3 nitrogen and oxygen atoms in total. The monoisotopic (exact) mass is 438 g/mol. The van der Waals surface area contributed by atoms with Crippen LogP contribution in [0.2, 0.25) is 0 Å². The number of halogens is 6. The Morgan fingerprint density at radius 2 is 1.48 bits per heavy atom. The van der Waals surface area contributed by atoms with Crippen molar-refractivity contribution < 1.29 is 41.0 Å². The van der Waals surface area contributed by atoms with E-state index in [4.69, 9.17) is 5.11 Å². The van der Waals surface area contributed by atoms with E-state index >= 15 is 0 Å². The molecule has 2 aliphatic rings. The molecule has 9 heteroatoms. The Bertz CT molecular complexity index is 499.